The highest BCUT2D eigenvalue weighted by Gasteiger charge is 2.53. The molecule has 0 bridgehead atoms. The predicted octanol–water partition coefficient (Wildman–Crippen LogP) is 1.82. The van der Waals surface area contributed by atoms with E-state index in [0.29, 0.717) is 4.90 Å². The van der Waals surface area contributed by atoms with Crippen LogP contribution >= 0.6 is 11.6 Å². The summed E-state index contributed by atoms with van der Waals surface area (Å²) in [5.74, 6) is -5.16. The number of imide groups is 1. The van der Waals surface area contributed by atoms with Crippen LogP contribution < -0.4 is 9.64 Å². The van der Waals surface area contributed by atoms with E-state index in [-0.39, 0.29) is 76.4 Å². The molecule has 256 valence electrons. The summed E-state index contributed by atoms with van der Waals surface area (Å²) in [6.45, 7) is 0.894. The van der Waals surface area contributed by atoms with E-state index in [1.807, 2.05) is 0 Å². The number of carbonyl (C=O) groups excluding carboxylic acids is 3. The number of halogens is 3. The van der Waals surface area contributed by atoms with Crippen LogP contribution in [-0.2, 0) is 11.8 Å². The Kier molecular flexibility index (Phi) is 9.47. The molecule has 5 rings (SSSR count). The molecule has 14 nitrogen and oxygen atoms in total. The number of quaternary nitrogens is 1. The molecule has 3 N–H and O–H groups in total. The smallest absolute Gasteiger partial charge is 0.419 e. The molecule has 2 aliphatic rings. The second-order valence-corrected chi connectivity index (χ2v) is 12.5. The Balaban J connectivity index is 1.31. The van der Waals surface area contributed by atoms with Gasteiger partial charge in [-0.25, -0.2) is 19.1 Å². The number of carboxylic acid groups (broad SMARTS) is 1. The average Bonchev–Trinajstić information content (AvgIpc) is 3.51. The first kappa shape index (κ1) is 34.7. The maximum atomic E-state index is 14.8. The number of imidazole rings is 1. The van der Waals surface area contributed by atoms with Crippen molar-refractivity contribution >= 4 is 41.1 Å². The van der Waals surface area contributed by atoms with E-state index in [1.54, 1.807) is 19.0 Å². The summed E-state index contributed by atoms with van der Waals surface area (Å²) in [5, 5.41) is 30.3. The number of aliphatic hydroxyl groups is 2. The number of rotatable bonds is 6. The molecule has 2 fully saturated rings. The van der Waals surface area contributed by atoms with E-state index >= 15 is 0 Å². The monoisotopic (exact) mass is 691 g/mol. The Morgan fingerprint density at radius 3 is 2.23 bits per heavy atom. The molecule has 3 aromatic rings. The van der Waals surface area contributed by atoms with Gasteiger partial charge in [-0.3, -0.25) is 14.4 Å². The van der Waals surface area contributed by atoms with Crippen molar-refractivity contribution in [2.45, 2.75) is 18.2 Å². The standard InChI is InChI=1S/C31H33ClF2N6O8/c1-36-20(18-7-8-22(48-4)24(34)23(18)33)14-35-27(36)30(45)39(31(46)47)16-5-6-17(19(32)13-16)28(43)37-9-11-38(12-10-37)29(44)25-26(42)21(41)15-40(25,2)3/h5-8,13-14,21,25-26,41-42H,9-12,15H2,1-4H3/p+1/t21-,25-,26-/m0/s1. The van der Waals surface area contributed by atoms with Crippen molar-refractivity contribution in [1.29, 1.82) is 0 Å². The van der Waals surface area contributed by atoms with Crippen molar-refractivity contribution in [3.8, 4) is 17.0 Å². The molecule has 4 amide bonds. The quantitative estimate of drug-likeness (QED) is 0.327. The second kappa shape index (κ2) is 13.1. The summed E-state index contributed by atoms with van der Waals surface area (Å²) in [6, 6.07) is 5.22. The number of aliphatic hydroxyl groups excluding tert-OH is 2. The fourth-order valence-corrected chi connectivity index (χ4v) is 6.49. The fraction of sp³-hybridized carbons (Fsp3) is 0.387. The van der Waals surface area contributed by atoms with Crippen LogP contribution in [0, 0.1) is 11.6 Å². The first-order valence-electron chi connectivity index (χ1n) is 14.8. The van der Waals surface area contributed by atoms with Gasteiger partial charge in [0.2, 0.25) is 5.82 Å². The van der Waals surface area contributed by atoms with Gasteiger partial charge in [-0.1, -0.05) is 11.6 Å². The minimum atomic E-state index is -1.69. The van der Waals surface area contributed by atoms with Gasteiger partial charge in [0.25, 0.3) is 11.8 Å². The number of ether oxygens (including phenoxy) is 1. The first-order chi connectivity index (χ1) is 22.6. The summed E-state index contributed by atoms with van der Waals surface area (Å²) >= 11 is 6.44. The normalized spacial score (nSPS) is 20.5. The molecular weight excluding hydrogens is 658 g/mol. The topological polar surface area (TPSA) is 166 Å². The third kappa shape index (κ3) is 6.07. The van der Waals surface area contributed by atoms with Gasteiger partial charge >= 0.3 is 12.0 Å². The number of likely N-dealkylation sites (tertiary alicyclic amines) is 1. The lowest BCUT2D eigenvalue weighted by molar-refractivity contribution is -0.896. The molecule has 2 saturated heterocycles. The van der Waals surface area contributed by atoms with Gasteiger partial charge in [0, 0.05) is 38.8 Å². The number of benzene rings is 2. The first-order valence-corrected chi connectivity index (χ1v) is 15.1. The Morgan fingerprint density at radius 1 is 1.02 bits per heavy atom. The second-order valence-electron chi connectivity index (χ2n) is 12.1. The Labute approximate surface area is 278 Å². The lowest BCUT2D eigenvalue weighted by Gasteiger charge is -2.39. The van der Waals surface area contributed by atoms with E-state index in [9.17, 15) is 43.3 Å². The molecule has 2 aromatic carbocycles. The lowest BCUT2D eigenvalue weighted by Crippen LogP contribution is -2.60. The van der Waals surface area contributed by atoms with Crippen LogP contribution in [0.1, 0.15) is 21.0 Å². The number of amides is 4. The summed E-state index contributed by atoms with van der Waals surface area (Å²) in [7, 11) is 6.02. The number of anilines is 1. The predicted molar refractivity (Wildman–Crippen MR) is 167 cm³/mol. The highest BCUT2D eigenvalue weighted by Crippen LogP contribution is 2.32. The number of hydrogen-bond acceptors (Lipinski definition) is 8. The van der Waals surface area contributed by atoms with Gasteiger partial charge in [-0.15, -0.1) is 0 Å². The Hall–Kier alpha value is -4.64. The Bertz CT molecular complexity index is 1790. The molecule has 17 heteroatoms. The molecule has 0 saturated carbocycles. The maximum Gasteiger partial charge on any atom is 0.419 e. The van der Waals surface area contributed by atoms with Crippen molar-refractivity contribution in [3.05, 3.63) is 64.6 Å². The number of methoxy groups -OCH3 is 1. The number of nitrogens with zero attached hydrogens (tertiary/aromatic N) is 6. The van der Waals surface area contributed by atoms with E-state index in [0.717, 1.165) is 16.8 Å². The summed E-state index contributed by atoms with van der Waals surface area (Å²) in [5.41, 5.74) is -0.420. The van der Waals surface area contributed by atoms with Crippen LogP contribution in [0.2, 0.25) is 5.02 Å². The van der Waals surface area contributed by atoms with E-state index in [1.165, 1.54) is 43.3 Å². The van der Waals surface area contributed by atoms with Gasteiger partial charge in [0.1, 0.15) is 18.8 Å². The molecule has 0 aliphatic carbocycles. The zero-order valence-corrected chi connectivity index (χ0v) is 27.2. The van der Waals surface area contributed by atoms with Crippen LogP contribution in [0.25, 0.3) is 11.3 Å². The minimum Gasteiger partial charge on any atom is -0.494 e. The van der Waals surface area contributed by atoms with Crippen LogP contribution in [-0.4, -0.2) is 135 Å². The van der Waals surface area contributed by atoms with Gasteiger partial charge < -0.3 is 38.9 Å². The van der Waals surface area contributed by atoms with Gasteiger partial charge in [-0.05, 0) is 30.3 Å². The molecule has 0 spiro atoms. The number of likely N-dealkylation sites (N-methyl/N-ethyl adjacent to an activating group) is 1. The molecule has 0 unspecified atom stereocenters. The molecule has 1 aromatic heterocycles. The van der Waals surface area contributed by atoms with Crippen molar-refractivity contribution in [3.63, 3.8) is 0 Å². The largest absolute Gasteiger partial charge is 0.494 e. The highest BCUT2D eigenvalue weighted by molar-refractivity contribution is 6.34. The number of aromatic nitrogens is 2. The number of carbonyl (C=O) groups is 4. The van der Waals surface area contributed by atoms with Crippen molar-refractivity contribution < 1.29 is 52.5 Å². The Morgan fingerprint density at radius 2 is 1.67 bits per heavy atom. The van der Waals surface area contributed by atoms with E-state index in [2.05, 4.69) is 4.98 Å². The zero-order valence-electron chi connectivity index (χ0n) is 26.4. The molecule has 2 aliphatic heterocycles. The maximum absolute atomic E-state index is 14.8. The van der Waals surface area contributed by atoms with Gasteiger partial charge in [0.15, 0.2) is 23.4 Å². The summed E-state index contributed by atoms with van der Waals surface area (Å²) < 4.78 is 35.1. The molecule has 0 radical (unpaired) electrons. The SMILES string of the molecule is COc1ccc(-c2cnc(C(=O)N(C(=O)O)c3ccc(C(=O)N4CCN(C(=O)[C@@H]5[C@@H](O)[C@@H](O)C[N+]5(C)C)CC4)c(Cl)c3)n2C)c(F)c1F. The lowest BCUT2D eigenvalue weighted by atomic mass is 10.1. The van der Waals surface area contributed by atoms with Crippen LogP contribution in [0.15, 0.2) is 36.5 Å². The third-order valence-corrected chi connectivity index (χ3v) is 9.13. The van der Waals surface area contributed by atoms with E-state index < -0.39 is 53.6 Å². The molecule has 3 heterocycles. The van der Waals surface area contributed by atoms with E-state index in [4.69, 9.17) is 16.3 Å². The summed E-state index contributed by atoms with van der Waals surface area (Å²) in [6.07, 6.45) is -2.82. The highest BCUT2D eigenvalue weighted by atomic mass is 35.5. The van der Waals surface area contributed by atoms with Crippen LogP contribution in [0.5, 0.6) is 5.75 Å². The fourth-order valence-electron chi connectivity index (χ4n) is 6.24. The van der Waals surface area contributed by atoms with Crippen LogP contribution in [0.3, 0.4) is 0 Å². The molecule has 3 atom stereocenters. The average molecular weight is 692 g/mol. The number of hydrogen-bond donors (Lipinski definition) is 3. The van der Waals surface area contributed by atoms with Gasteiger partial charge in [0.05, 0.1) is 49.4 Å². The minimum absolute atomic E-state index is 0.0108. The van der Waals surface area contributed by atoms with Crippen molar-refractivity contribution in [1.82, 2.24) is 19.4 Å². The van der Waals surface area contributed by atoms with Crippen molar-refractivity contribution in [2.75, 3.05) is 58.8 Å². The summed E-state index contributed by atoms with van der Waals surface area (Å²) in [4.78, 5) is 59.6. The molecular formula is C31H34ClF2N6O8+. The van der Waals surface area contributed by atoms with Gasteiger partial charge in [-0.2, -0.15) is 4.39 Å². The third-order valence-electron chi connectivity index (χ3n) is 8.82. The zero-order chi connectivity index (χ0) is 35.2. The van der Waals surface area contributed by atoms with Crippen LogP contribution in [0.4, 0.5) is 19.3 Å². The molecule has 48 heavy (non-hydrogen) atoms. The number of piperazine rings is 1. The van der Waals surface area contributed by atoms with Crippen molar-refractivity contribution in [2.24, 2.45) is 7.05 Å².